The fraction of sp³-hybridized carbons (Fsp3) is 0.381. The molecule has 2 aromatic heterocycles. The monoisotopic (exact) mass is 415 g/mol. The zero-order valence-corrected chi connectivity index (χ0v) is 18.5. The Kier molecular flexibility index (Phi) is 6.25. The number of thiophene rings is 1. The van der Waals surface area contributed by atoms with Gasteiger partial charge in [0.1, 0.15) is 4.83 Å². The molecule has 28 heavy (non-hydrogen) atoms. The maximum Gasteiger partial charge on any atom is 0.263 e. The third-order valence-corrected chi connectivity index (χ3v) is 7.21. The van der Waals surface area contributed by atoms with Crippen LogP contribution < -0.4 is 10.9 Å². The predicted octanol–water partition coefficient (Wildman–Crippen LogP) is 3.91. The maximum atomic E-state index is 13.4. The molecule has 0 aliphatic rings. The Bertz CT molecular complexity index is 1070. The number of rotatable bonds is 6. The van der Waals surface area contributed by atoms with Crippen molar-refractivity contribution in [1.82, 2.24) is 14.9 Å². The van der Waals surface area contributed by atoms with Crippen LogP contribution in [0, 0.1) is 13.8 Å². The first-order valence-corrected chi connectivity index (χ1v) is 11.0. The fourth-order valence-corrected chi connectivity index (χ4v) is 5.23. The average Bonchev–Trinajstić information content (AvgIpc) is 3.01. The van der Waals surface area contributed by atoms with Crippen molar-refractivity contribution in [2.75, 3.05) is 7.05 Å². The summed E-state index contributed by atoms with van der Waals surface area (Å²) >= 11 is 2.90. The van der Waals surface area contributed by atoms with Gasteiger partial charge in [-0.3, -0.25) is 14.2 Å². The lowest BCUT2D eigenvalue weighted by Gasteiger charge is -2.15. The van der Waals surface area contributed by atoms with E-state index in [-0.39, 0.29) is 16.7 Å². The van der Waals surface area contributed by atoms with E-state index in [2.05, 4.69) is 12.2 Å². The van der Waals surface area contributed by atoms with E-state index in [1.807, 2.05) is 45.0 Å². The van der Waals surface area contributed by atoms with Gasteiger partial charge in [0, 0.05) is 11.9 Å². The highest BCUT2D eigenvalue weighted by molar-refractivity contribution is 8.00. The van der Waals surface area contributed by atoms with Crippen LogP contribution in [0.15, 0.2) is 34.2 Å². The van der Waals surface area contributed by atoms with Gasteiger partial charge in [0.15, 0.2) is 5.16 Å². The summed E-state index contributed by atoms with van der Waals surface area (Å²) in [5, 5.41) is 3.60. The van der Waals surface area contributed by atoms with Crippen molar-refractivity contribution in [3.8, 4) is 0 Å². The van der Waals surface area contributed by atoms with Gasteiger partial charge in [0.25, 0.3) is 5.56 Å². The second kappa shape index (κ2) is 8.49. The van der Waals surface area contributed by atoms with E-state index in [0.717, 1.165) is 22.4 Å². The average molecular weight is 416 g/mol. The molecule has 0 aliphatic heterocycles. The van der Waals surface area contributed by atoms with Gasteiger partial charge in [-0.25, -0.2) is 4.98 Å². The number of nitrogens with zero attached hydrogens (tertiary/aromatic N) is 2. The molecule has 0 fully saturated rings. The van der Waals surface area contributed by atoms with Gasteiger partial charge >= 0.3 is 0 Å². The van der Waals surface area contributed by atoms with Gasteiger partial charge in [-0.05, 0) is 38.3 Å². The van der Waals surface area contributed by atoms with Crippen LogP contribution >= 0.6 is 23.1 Å². The molecule has 3 aromatic rings. The molecule has 1 amide bonds. The van der Waals surface area contributed by atoms with Gasteiger partial charge < -0.3 is 5.32 Å². The topological polar surface area (TPSA) is 64.0 Å². The Labute approximate surface area is 173 Å². The Morgan fingerprint density at radius 1 is 1.29 bits per heavy atom. The number of fused-ring (bicyclic) bond motifs is 1. The largest absolute Gasteiger partial charge is 0.358 e. The lowest BCUT2D eigenvalue weighted by atomic mass is 10.1. The molecule has 2 heterocycles. The first-order valence-electron chi connectivity index (χ1n) is 9.32. The molecule has 0 bridgehead atoms. The molecule has 148 valence electrons. The molecule has 1 unspecified atom stereocenters. The number of aryl methyl sites for hydroxylation is 3. The summed E-state index contributed by atoms with van der Waals surface area (Å²) in [6.45, 7) is 8.38. The summed E-state index contributed by atoms with van der Waals surface area (Å²) < 4.78 is 1.70. The summed E-state index contributed by atoms with van der Waals surface area (Å²) in [6.07, 6.45) is 0.876. The molecule has 7 heteroatoms. The lowest BCUT2D eigenvalue weighted by Crippen LogP contribution is -2.29. The van der Waals surface area contributed by atoms with Crippen molar-refractivity contribution in [3.05, 3.63) is 56.2 Å². The second-order valence-electron chi connectivity index (χ2n) is 6.83. The number of aromatic nitrogens is 2. The molecule has 0 radical (unpaired) electrons. The SMILES string of the molecule is CCc1sc2nc(SC(C)C(=O)NC)n(Cc3ccc(C)cc3)c(=O)c2c1C. The summed E-state index contributed by atoms with van der Waals surface area (Å²) in [6, 6.07) is 8.13. The fourth-order valence-electron chi connectivity index (χ4n) is 3.10. The summed E-state index contributed by atoms with van der Waals surface area (Å²) in [4.78, 5) is 32.2. The number of nitrogens with one attached hydrogen (secondary N) is 1. The van der Waals surface area contributed by atoms with Crippen LogP contribution in [0.3, 0.4) is 0 Å². The van der Waals surface area contributed by atoms with Crippen molar-refractivity contribution in [2.45, 2.75) is 51.1 Å². The Morgan fingerprint density at radius 3 is 2.57 bits per heavy atom. The van der Waals surface area contributed by atoms with E-state index in [1.54, 1.807) is 23.0 Å². The zero-order chi connectivity index (χ0) is 20.4. The number of amides is 1. The number of carbonyl (C=O) groups is 1. The smallest absolute Gasteiger partial charge is 0.263 e. The molecule has 0 spiro atoms. The molecular weight excluding hydrogens is 390 g/mol. The van der Waals surface area contributed by atoms with E-state index < -0.39 is 0 Å². The number of hydrogen-bond acceptors (Lipinski definition) is 5. The van der Waals surface area contributed by atoms with Crippen LogP contribution in [0.25, 0.3) is 10.2 Å². The van der Waals surface area contributed by atoms with E-state index in [0.29, 0.717) is 17.1 Å². The van der Waals surface area contributed by atoms with Gasteiger partial charge in [-0.1, -0.05) is 48.5 Å². The first-order chi connectivity index (χ1) is 13.3. The first kappa shape index (κ1) is 20.6. The normalized spacial score (nSPS) is 12.3. The molecule has 1 aromatic carbocycles. The van der Waals surface area contributed by atoms with E-state index >= 15 is 0 Å². The van der Waals surface area contributed by atoms with Crippen LogP contribution in [0.5, 0.6) is 0 Å². The highest BCUT2D eigenvalue weighted by Crippen LogP contribution is 2.30. The van der Waals surface area contributed by atoms with E-state index in [9.17, 15) is 9.59 Å². The van der Waals surface area contributed by atoms with Crippen molar-refractivity contribution < 1.29 is 4.79 Å². The third kappa shape index (κ3) is 4.00. The lowest BCUT2D eigenvalue weighted by molar-refractivity contribution is -0.119. The number of hydrogen-bond donors (Lipinski definition) is 1. The predicted molar refractivity (Wildman–Crippen MR) is 118 cm³/mol. The second-order valence-corrected chi connectivity index (χ2v) is 9.22. The summed E-state index contributed by atoms with van der Waals surface area (Å²) in [7, 11) is 1.62. The van der Waals surface area contributed by atoms with E-state index in [1.165, 1.54) is 22.2 Å². The summed E-state index contributed by atoms with van der Waals surface area (Å²) in [5.41, 5.74) is 3.19. The zero-order valence-electron chi connectivity index (χ0n) is 16.8. The molecule has 5 nitrogen and oxygen atoms in total. The third-order valence-electron chi connectivity index (χ3n) is 4.79. The molecule has 1 N–H and O–H groups in total. The Balaban J connectivity index is 2.15. The quantitative estimate of drug-likeness (QED) is 0.490. The highest BCUT2D eigenvalue weighted by Gasteiger charge is 2.21. The van der Waals surface area contributed by atoms with Crippen molar-refractivity contribution in [1.29, 1.82) is 0 Å². The summed E-state index contributed by atoms with van der Waals surface area (Å²) in [5.74, 6) is -0.0853. The minimum Gasteiger partial charge on any atom is -0.358 e. The number of thioether (sulfide) groups is 1. The molecule has 1 atom stereocenters. The molecule has 0 saturated heterocycles. The van der Waals surface area contributed by atoms with Crippen LogP contribution in [0.2, 0.25) is 0 Å². The number of carbonyl (C=O) groups excluding carboxylic acids is 1. The van der Waals surface area contributed by atoms with Crippen molar-refractivity contribution in [3.63, 3.8) is 0 Å². The van der Waals surface area contributed by atoms with Gasteiger partial charge in [-0.2, -0.15) is 0 Å². The minimum atomic E-state index is -0.342. The Morgan fingerprint density at radius 2 is 1.96 bits per heavy atom. The molecule has 0 aliphatic carbocycles. The van der Waals surface area contributed by atoms with Crippen LogP contribution in [0.4, 0.5) is 0 Å². The molecule has 3 rings (SSSR count). The Hall–Kier alpha value is -2.12. The van der Waals surface area contributed by atoms with Gasteiger partial charge in [0.2, 0.25) is 5.91 Å². The van der Waals surface area contributed by atoms with Crippen LogP contribution in [-0.2, 0) is 17.8 Å². The van der Waals surface area contributed by atoms with Crippen molar-refractivity contribution in [2.24, 2.45) is 0 Å². The highest BCUT2D eigenvalue weighted by atomic mass is 32.2. The maximum absolute atomic E-state index is 13.4. The molecular formula is C21H25N3O2S2. The van der Waals surface area contributed by atoms with Crippen LogP contribution in [-0.4, -0.2) is 27.8 Å². The molecule has 0 saturated carbocycles. The van der Waals surface area contributed by atoms with Gasteiger partial charge in [-0.15, -0.1) is 11.3 Å². The van der Waals surface area contributed by atoms with Crippen LogP contribution in [0.1, 0.15) is 35.4 Å². The van der Waals surface area contributed by atoms with Gasteiger partial charge in [0.05, 0.1) is 17.2 Å². The van der Waals surface area contributed by atoms with E-state index in [4.69, 9.17) is 4.98 Å². The standard InChI is InChI=1S/C21H25N3O2S2/c1-6-16-13(3)17-19(28-16)23-21(27-14(4)18(25)22-5)24(20(17)26)11-15-9-7-12(2)8-10-15/h7-10,14H,6,11H2,1-5H3,(H,22,25). The number of benzene rings is 1. The minimum absolute atomic E-state index is 0.0365. The van der Waals surface area contributed by atoms with Crippen molar-refractivity contribution >= 4 is 39.2 Å².